The molecule has 1 aliphatic carbocycles. The fourth-order valence-corrected chi connectivity index (χ4v) is 3.25. The molecule has 0 radical (unpaired) electrons. The third-order valence-corrected chi connectivity index (χ3v) is 4.75. The van der Waals surface area contributed by atoms with Crippen molar-refractivity contribution in [2.24, 2.45) is 0 Å². The van der Waals surface area contributed by atoms with E-state index >= 15 is 0 Å². The van der Waals surface area contributed by atoms with E-state index in [0.29, 0.717) is 17.8 Å². The molecule has 1 aromatic heterocycles. The van der Waals surface area contributed by atoms with E-state index in [9.17, 15) is 4.79 Å². The lowest BCUT2D eigenvalue weighted by molar-refractivity contribution is -0.122. The van der Waals surface area contributed by atoms with Crippen LogP contribution in [0.2, 0.25) is 0 Å². The lowest BCUT2D eigenvalue weighted by Crippen LogP contribution is -2.44. The molecule has 2 N–H and O–H groups in total. The quantitative estimate of drug-likeness (QED) is 0.831. The normalized spacial score (nSPS) is 19.3. The number of aromatic nitrogens is 2. The van der Waals surface area contributed by atoms with Crippen molar-refractivity contribution in [1.29, 1.82) is 0 Å². The lowest BCUT2D eigenvalue weighted by atomic mass is 10.2. The molecule has 2 heterocycles. The Morgan fingerprint density at radius 2 is 2.08 bits per heavy atom. The first-order valence-corrected chi connectivity index (χ1v) is 9.05. The molecule has 1 saturated carbocycles. The van der Waals surface area contributed by atoms with Gasteiger partial charge in [-0.25, -0.2) is 4.98 Å². The summed E-state index contributed by atoms with van der Waals surface area (Å²) < 4.78 is 5.37. The first-order valence-electron chi connectivity index (χ1n) is 9.05. The van der Waals surface area contributed by atoms with E-state index in [4.69, 9.17) is 4.74 Å². The third kappa shape index (κ3) is 3.56. The first-order chi connectivity index (χ1) is 12.7. The summed E-state index contributed by atoms with van der Waals surface area (Å²) in [6, 6.07) is 9.67. The van der Waals surface area contributed by atoms with Gasteiger partial charge in [0, 0.05) is 18.8 Å². The number of nitrogens with zero attached hydrogens (tertiary/aromatic N) is 3. The number of ether oxygens (including phenoxy) is 1. The van der Waals surface area contributed by atoms with Gasteiger partial charge in [-0.3, -0.25) is 4.79 Å². The number of hydrogen-bond donors (Lipinski definition) is 2. The van der Waals surface area contributed by atoms with Crippen molar-refractivity contribution >= 4 is 23.4 Å². The molecular weight excluding hydrogens is 330 g/mol. The molecule has 7 nitrogen and oxygen atoms in total. The van der Waals surface area contributed by atoms with Crippen molar-refractivity contribution in [1.82, 2.24) is 15.3 Å². The standard InChI is InChI=1S/C19H23N5O2/c1-26-16-7-3-2-5-14(16)22-17-10-11-20-19(23-17)24-12-4-6-15(24)18(25)21-13-8-9-13/h2-3,5,7,10-11,13,15H,4,6,8-9,12H2,1H3,(H,21,25)(H,20,22,23). The average Bonchev–Trinajstić information content (AvgIpc) is 3.33. The molecule has 2 aromatic rings. The van der Waals surface area contributed by atoms with E-state index in [1.165, 1.54) is 0 Å². The van der Waals surface area contributed by atoms with Crippen LogP contribution in [0.15, 0.2) is 36.5 Å². The molecule has 2 fully saturated rings. The molecule has 1 saturated heterocycles. The highest BCUT2D eigenvalue weighted by Crippen LogP contribution is 2.28. The van der Waals surface area contributed by atoms with Gasteiger partial charge < -0.3 is 20.3 Å². The molecule has 0 spiro atoms. The zero-order chi connectivity index (χ0) is 17.9. The minimum atomic E-state index is -0.183. The number of methoxy groups -OCH3 is 1. The van der Waals surface area contributed by atoms with Crippen LogP contribution in [0, 0.1) is 0 Å². The van der Waals surface area contributed by atoms with Crippen LogP contribution in [0.4, 0.5) is 17.5 Å². The summed E-state index contributed by atoms with van der Waals surface area (Å²) in [5.41, 5.74) is 0.837. The summed E-state index contributed by atoms with van der Waals surface area (Å²) in [7, 11) is 1.64. The maximum absolute atomic E-state index is 12.5. The van der Waals surface area contributed by atoms with Gasteiger partial charge in [-0.15, -0.1) is 0 Å². The van der Waals surface area contributed by atoms with Crippen molar-refractivity contribution in [2.75, 3.05) is 23.9 Å². The summed E-state index contributed by atoms with van der Waals surface area (Å²) >= 11 is 0. The number of nitrogens with one attached hydrogen (secondary N) is 2. The Morgan fingerprint density at radius 1 is 1.23 bits per heavy atom. The van der Waals surface area contributed by atoms with Gasteiger partial charge in [0.2, 0.25) is 11.9 Å². The number of amides is 1. The second kappa shape index (κ2) is 7.19. The predicted octanol–water partition coefficient (Wildman–Crippen LogP) is 2.48. The van der Waals surface area contributed by atoms with Crippen LogP contribution in [0.5, 0.6) is 5.75 Å². The molecule has 26 heavy (non-hydrogen) atoms. The molecule has 0 bridgehead atoms. The topological polar surface area (TPSA) is 79.4 Å². The number of hydrogen-bond acceptors (Lipinski definition) is 6. The fraction of sp³-hybridized carbons (Fsp3) is 0.421. The monoisotopic (exact) mass is 353 g/mol. The summed E-state index contributed by atoms with van der Waals surface area (Å²) in [6.45, 7) is 0.793. The smallest absolute Gasteiger partial charge is 0.243 e. The Kier molecular flexibility index (Phi) is 4.60. The predicted molar refractivity (Wildman–Crippen MR) is 99.8 cm³/mol. The number of carbonyl (C=O) groups excluding carboxylic acids is 1. The van der Waals surface area contributed by atoms with Crippen LogP contribution in [-0.4, -0.2) is 41.6 Å². The Labute approximate surface area is 152 Å². The molecule has 1 unspecified atom stereocenters. The third-order valence-electron chi connectivity index (χ3n) is 4.75. The molecule has 136 valence electrons. The molecule has 7 heteroatoms. The molecule has 4 rings (SSSR count). The van der Waals surface area contributed by atoms with E-state index in [-0.39, 0.29) is 11.9 Å². The highest BCUT2D eigenvalue weighted by atomic mass is 16.5. The second-order valence-electron chi connectivity index (χ2n) is 6.70. The van der Waals surface area contributed by atoms with Crippen molar-refractivity contribution < 1.29 is 9.53 Å². The van der Waals surface area contributed by atoms with E-state index in [1.807, 2.05) is 35.2 Å². The number of benzene rings is 1. The van der Waals surface area contributed by atoms with Crippen molar-refractivity contribution in [2.45, 2.75) is 37.8 Å². The van der Waals surface area contributed by atoms with Gasteiger partial charge >= 0.3 is 0 Å². The zero-order valence-electron chi connectivity index (χ0n) is 14.8. The molecular formula is C19H23N5O2. The molecule has 1 aliphatic heterocycles. The average molecular weight is 353 g/mol. The van der Waals surface area contributed by atoms with E-state index < -0.39 is 0 Å². The van der Waals surface area contributed by atoms with E-state index in [2.05, 4.69) is 20.6 Å². The van der Waals surface area contributed by atoms with Crippen molar-refractivity contribution in [3.05, 3.63) is 36.5 Å². The largest absolute Gasteiger partial charge is 0.495 e. The van der Waals surface area contributed by atoms with Gasteiger partial charge in [0.25, 0.3) is 0 Å². The summed E-state index contributed by atoms with van der Waals surface area (Å²) in [5.74, 6) is 2.10. The van der Waals surface area contributed by atoms with Crippen LogP contribution in [0.3, 0.4) is 0 Å². The van der Waals surface area contributed by atoms with Crippen LogP contribution >= 0.6 is 0 Å². The van der Waals surface area contributed by atoms with Crippen LogP contribution in [-0.2, 0) is 4.79 Å². The molecule has 1 aromatic carbocycles. The van der Waals surface area contributed by atoms with Gasteiger partial charge in [-0.1, -0.05) is 12.1 Å². The maximum Gasteiger partial charge on any atom is 0.243 e. The molecule has 1 atom stereocenters. The minimum absolute atomic E-state index is 0.0942. The number of anilines is 3. The fourth-order valence-electron chi connectivity index (χ4n) is 3.25. The number of para-hydroxylation sites is 2. The van der Waals surface area contributed by atoms with E-state index in [1.54, 1.807) is 13.3 Å². The Balaban J connectivity index is 1.52. The minimum Gasteiger partial charge on any atom is -0.495 e. The van der Waals surface area contributed by atoms with E-state index in [0.717, 1.165) is 43.7 Å². The SMILES string of the molecule is COc1ccccc1Nc1ccnc(N2CCCC2C(=O)NC2CC2)n1. The summed E-state index contributed by atoms with van der Waals surface area (Å²) in [5, 5.41) is 6.37. The number of carbonyl (C=O) groups is 1. The zero-order valence-corrected chi connectivity index (χ0v) is 14.8. The van der Waals surface area contributed by atoms with Gasteiger partial charge in [0.05, 0.1) is 12.8 Å². The van der Waals surface area contributed by atoms with Crippen molar-refractivity contribution in [3.63, 3.8) is 0 Å². The second-order valence-corrected chi connectivity index (χ2v) is 6.70. The highest BCUT2D eigenvalue weighted by molar-refractivity contribution is 5.85. The lowest BCUT2D eigenvalue weighted by Gasteiger charge is -2.24. The van der Waals surface area contributed by atoms with Crippen molar-refractivity contribution in [3.8, 4) is 5.75 Å². The Morgan fingerprint density at radius 3 is 2.88 bits per heavy atom. The van der Waals surface area contributed by atoms with Gasteiger partial charge in [-0.2, -0.15) is 4.98 Å². The Bertz CT molecular complexity index is 793. The summed E-state index contributed by atoms with van der Waals surface area (Å²) in [6.07, 6.45) is 5.71. The van der Waals surface area contributed by atoms with Gasteiger partial charge in [0.1, 0.15) is 17.6 Å². The first kappa shape index (κ1) is 16.6. The van der Waals surface area contributed by atoms with Gasteiger partial charge in [-0.05, 0) is 43.9 Å². The molecule has 2 aliphatic rings. The molecule has 1 amide bonds. The van der Waals surface area contributed by atoms with Crippen LogP contribution in [0.25, 0.3) is 0 Å². The van der Waals surface area contributed by atoms with Crippen LogP contribution < -0.4 is 20.3 Å². The highest BCUT2D eigenvalue weighted by Gasteiger charge is 2.35. The number of rotatable bonds is 6. The summed E-state index contributed by atoms with van der Waals surface area (Å²) in [4.78, 5) is 23.5. The maximum atomic E-state index is 12.5. The van der Waals surface area contributed by atoms with Crippen LogP contribution in [0.1, 0.15) is 25.7 Å². The Hall–Kier alpha value is -2.83. The van der Waals surface area contributed by atoms with Gasteiger partial charge in [0.15, 0.2) is 0 Å².